The number of carbonyl (C=O) groups is 2. The zero-order valence-corrected chi connectivity index (χ0v) is 17.0. The summed E-state index contributed by atoms with van der Waals surface area (Å²) in [4.78, 5) is 38.2. The van der Waals surface area contributed by atoms with Crippen LogP contribution in [0.1, 0.15) is 17.2 Å². The molecule has 1 fully saturated rings. The van der Waals surface area contributed by atoms with Crippen molar-refractivity contribution in [1.82, 2.24) is 0 Å². The molecule has 0 spiro atoms. The van der Waals surface area contributed by atoms with Crippen molar-refractivity contribution in [2.45, 2.75) is 6.04 Å². The lowest BCUT2D eigenvalue weighted by molar-refractivity contribution is -0.384. The number of hydrogen-bond donors (Lipinski definition) is 1. The summed E-state index contributed by atoms with van der Waals surface area (Å²) in [5.74, 6) is -1.63. The van der Waals surface area contributed by atoms with Crippen molar-refractivity contribution in [1.29, 1.82) is 0 Å². The normalized spacial score (nSPS) is 17.4. The molecule has 0 radical (unpaired) electrons. The molecule has 0 aromatic heterocycles. The Morgan fingerprint density at radius 2 is 1.72 bits per heavy atom. The van der Waals surface area contributed by atoms with E-state index in [9.17, 15) is 24.8 Å². The molecule has 8 heteroatoms. The van der Waals surface area contributed by atoms with Crippen LogP contribution in [0, 0.1) is 10.1 Å². The van der Waals surface area contributed by atoms with Gasteiger partial charge in [-0.05, 0) is 17.7 Å². The Morgan fingerprint density at radius 3 is 2.41 bits per heavy atom. The van der Waals surface area contributed by atoms with Crippen molar-refractivity contribution >= 4 is 28.8 Å². The lowest BCUT2D eigenvalue weighted by atomic mass is 9.95. The van der Waals surface area contributed by atoms with Gasteiger partial charge < -0.3 is 9.84 Å². The van der Waals surface area contributed by atoms with Gasteiger partial charge in [0.25, 0.3) is 17.4 Å². The van der Waals surface area contributed by atoms with Gasteiger partial charge in [0, 0.05) is 29.4 Å². The second-order valence-electron chi connectivity index (χ2n) is 7.09. The molecule has 1 amide bonds. The molecular formula is C24H18N2O6. The van der Waals surface area contributed by atoms with E-state index in [2.05, 4.69) is 0 Å². The maximum Gasteiger partial charge on any atom is 0.300 e. The summed E-state index contributed by atoms with van der Waals surface area (Å²) in [6, 6.07) is 19.5. The number of Topliss-reactive ketones (excluding diaryl/α,β-unsaturated/α-hetero) is 1. The molecule has 32 heavy (non-hydrogen) atoms. The number of nitro groups is 1. The monoisotopic (exact) mass is 430 g/mol. The van der Waals surface area contributed by atoms with Gasteiger partial charge in [0.15, 0.2) is 0 Å². The summed E-state index contributed by atoms with van der Waals surface area (Å²) in [5, 5.41) is 22.4. The molecule has 0 saturated carbocycles. The highest BCUT2D eigenvalue weighted by molar-refractivity contribution is 6.51. The van der Waals surface area contributed by atoms with E-state index < -0.39 is 22.7 Å². The maximum absolute atomic E-state index is 13.1. The predicted molar refractivity (Wildman–Crippen MR) is 117 cm³/mol. The highest BCUT2D eigenvalue weighted by atomic mass is 16.6. The molecule has 0 unspecified atom stereocenters. The largest absolute Gasteiger partial charge is 0.507 e. The van der Waals surface area contributed by atoms with Crippen LogP contribution in [0.25, 0.3) is 5.76 Å². The van der Waals surface area contributed by atoms with E-state index in [1.54, 1.807) is 60.7 Å². The molecule has 1 saturated heterocycles. The Labute approximate surface area is 183 Å². The summed E-state index contributed by atoms with van der Waals surface area (Å²) in [5.41, 5.74) is 0.684. The minimum absolute atomic E-state index is 0.149. The first-order valence-corrected chi connectivity index (χ1v) is 9.67. The molecule has 0 aliphatic carbocycles. The zero-order chi connectivity index (χ0) is 22.8. The third-order valence-corrected chi connectivity index (χ3v) is 5.22. The van der Waals surface area contributed by atoms with Gasteiger partial charge in [0.05, 0.1) is 23.6 Å². The number of ether oxygens (including phenoxy) is 1. The van der Waals surface area contributed by atoms with Crippen molar-refractivity contribution in [2.75, 3.05) is 12.0 Å². The van der Waals surface area contributed by atoms with Crippen LogP contribution in [0.3, 0.4) is 0 Å². The number of rotatable bonds is 5. The van der Waals surface area contributed by atoms with Crippen molar-refractivity contribution < 1.29 is 24.4 Å². The smallest absolute Gasteiger partial charge is 0.300 e. The van der Waals surface area contributed by atoms with Crippen molar-refractivity contribution in [2.24, 2.45) is 0 Å². The summed E-state index contributed by atoms with van der Waals surface area (Å²) < 4.78 is 5.24. The van der Waals surface area contributed by atoms with Gasteiger partial charge in [-0.1, -0.05) is 48.5 Å². The second-order valence-corrected chi connectivity index (χ2v) is 7.09. The van der Waals surface area contributed by atoms with Gasteiger partial charge in [0.2, 0.25) is 0 Å². The fraction of sp³-hybridized carbons (Fsp3) is 0.0833. The Hall–Kier alpha value is -4.46. The number of hydrogen-bond acceptors (Lipinski definition) is 6. The fourth-order valence-electron chi connectivity index (χ4n) is 3.73. The van der Waals surface area contributed by atoms with Crippen LogP contribution < -0.4 is 9.64 Å². The summed E-state index contributed by atoms with van der Waals surface area (Å²) in [7, 11) is 1.47. The molecule has 4 rings (SSSR count). The van der Waals surface area contributed by atoms with Gasteiger partial charge in [-0.2, -0.15) is 0 Å². The van der Waals surface area contributed by atoms with E-state index >= 15 is 0 Å². The number of carbonyl (C=O) groups excluding carboxylic acids is 2. The van der Waals surface area contributed by atoms with E-state index in [1.165, 1.54) is 30.2 Å². The Balaban J connectivity index is 1.97. The lowest BCUT2D eigenvalue weighted by Gasteiger charge is -2.25. The van der Waals surface area contributed by atoms with Crippen LogP contribution in [0.15, 0.2) is 84.4 Å². The summed E-state index contributed by atoms with van der Waals surface area (Å²) >= 11 is 0. The van der Waals surface area contributed by atoms with Gasteiger partial charge >= 0.3 is 0 Å². The van der Waals surface area contributed by atoms with Crippen LogP contribution in [-0.4, -0.2) is 28.8 Å². The Bertz CT molecular complexity index is 1250. The van der Waals surface area contributed by atoms with E-state index in [4.69, 9.17) is 4.74 Å². The number of non-ortho nitro benzene ring substituents is 1. The maximum atomic E-state index is 13.1. The van der Waals surface area contributed by atoms with Crippen LogP contribution in [0.4, 0.5) is 11.4 Å². The van der Waals surface area contributed by atoms with Crippen molar-refractivity contribution in [3.05, 3.63) is 106 Å². The molecule has 1 aliphatic heterocycles. The van der Waals surface area contributed by atoms with Crippen LogP contribution in [-0.2, 0) is 9.59 Å². The van der Waals surface area contributed by atoms with Gasteiger partial charge in [0.1, 0.15) is 11.5 Å². The lowest BCUT2D eigenvalue weighted by Crippen LogP contribution is -2.29. The molecule has 1 N–H and O–H groups in total. The molecule has 3 aromatic rings. The molecule has 8 nitrogen and oxygen atoms in total. The number of anilines is 1. The number of benzene rings is 3. The molecule has 1 atom stereocenters. The quantitative estimate of drug-likeness (QED) is 0.213. The van der Waals surface area contributed by atoms with Crippen LogP contribution in [0.2, 0.25) is 0 Å². The molecule has 1 heterocycles. The fourth-order valence-corrected chi connectivity index (χ4v) is 3.73. The first-order valence-electron chi connectivity index (χ1n) is 9.67. The van der Waals surface area contributed by atoms with E-state index in [0.717, 1.165) is 0 Å². The number of nitrogens with zero attached hydrogens (tertiary/aromatic N) is 2. The topological polar surface area (TPSA) is 110 Å². The van der Waals surface area contributed by atoms with Gasteiger partial charge in [-0.25, -0.2) is 0 Å². The predicted octanol–water partition coefficient (Wildman–Crippen LogP) is 4.23. The van der Waals surface area contributed by atoms with Crippen LogP contribution >= 0.6 is 0 Å². The number of methoxy groups -OCH3 is 1. The minimum atomic E-state index is -1.07. The minimum Gasteiger partial charge on any atom is -0.507 e. The highest BCUT2D eigenvalue weighted by Gasteiger charge is 2.47. The number of ketones is 1. The third-order valence-electron chi connectivity index (χ3n) is 5.22. The SMILES string of the molecule is COc1cccc(N2C(=O)C(=O)C(=C(O)c3ccccc3)[C@H]2c2cccc([N+](=O)[O-])c2)c1. The molecule has 0 bridgehead atoms. The number of aliphatic hydroxyl groups is 1. The van der Waals surface area contributed by atoms with Crippen LogP contribution in [0.5, 0.6) is 5.75 Å². The first-order chi connectivity index (χ1) is 15.4. The standard InChI is InChI=1S/C24H18N2O6/c1-32-19-12-6-10-17(14-19)25-21(16-9-5-11-18(13-16)26(30)31)20(23(28)24(25)29)22(27)15-7-3-2-4-8-15/h2-14,21,27H,1H3/t21-/m1/s1. The molecular weight excluding hydrogens is 412 g/mol. The van der Waals surface area contributed by atoms with Crippen molar-refractivity contribution in [3.8, 4) is 5.75 Å². The number of amides is 1. The Morgan fingerprint density at radius 1 is 1.00 bits per heavy atom. The molecule has 160 valence electrons. The summed E-state index contributed by atoms with van der Waals surface area (Å²) in [6.07, 6.45) is 0. The van der Waals surface area contributed by atoms with E-state index in [1.807, 2.05) is 0 Å². The average molecular weight is 430 g/mol. The molecule has 1 aliphatic rings. The zero-order valence-electron chi connectivity index (χ0n) is 17.0. The van der Waals surface area contributed by atoms with Crippen molar-refractivity contribution in [3.63, 3.8) is 0 Å². The second kappa shape index (κ2) is 8.35. The summed E-state index contributed by atoms with van der Waals surface area (Å²) in [6.45, 7) is 0. The van der Waals surface area contributed by atoms with E-state index in [0.29, 0.717) is 22.6 Å². The van der Waals surface area contributed by atoms with Gasteiger partial charge in [-0.3, -0.25) is 24.6 Å². The number of aliphatic hydroxyl groups excluding tert-OH is 1. The highest BCUT2D eigenvalue weighted by Crippen LogP contribution is 2.43. The van der Waals surface area contributed by atoms with E-state index in [-0.39, 0.29) is 17.0 Å². The van der Waals surface area contributed by atoms with Gasteiger partial charge in [-0.15, -0.1) is 0 Å². The number of nitro benzene ring substituents is 1. The first kappa shape index (κ1) is 20.8. The third kappa shape index (κ3) is 3.58. The average Bonchev–Trinajstić information content (AvgIpc) is 3.09. The molecule has 3 aromatic carbocycles. The Kier molecular flexibility index (Phi) is 5.43.